The average Bonchev–Trinajstić information content (AvgIpc) is 2.70. The lowest BCUT2D eigenvalue weighted by Crippen LogP contribution is -2.42. The molecule has 1 aromatic rings. The molecule has 114 valence electrons. The van der Waals surface area contributed by atoms with Crippen molar-refractivity contribution in [3.05, 3.63) is 15.6 Å². The summed E-state index contributed by atoms with van der Waals surface area (Å²) in [4.78, 5) is 6.39. The molecule has 1 aromatic heterocycles. The molecule has 1 heterocycles. The van der Waals surface area contributed by atoms with E-state index in [9.17, 15) is 0 Å². The van der Waals surface area contributed by atoms with E-state index in [0.717, 1.165) is 13.0 Å². The summed E-state index contributed by atoms with van der Waals surface area (Å²) in [6, 6.07) is 0. The van der Waals surface area contributed by atoms with Gasteiger partial charge in [0.05, 0.1) is 11.2 Å². The van der Waals surface area contributed by atoms with Gasteiger partial charge in [-0.25, -0.2) is 4.98 Å². The fraction of sp³-hybridized carbons (Fsp3) is 0.824. The van der Waals surface area contributed by atoms with Gasteiger partial charge in [-0.05, 0) is 51.0 Å². The minimum absolute atomic E-state index is 0.130. The van der Waals surface area contributed by atoms with Crippen LogP contribution < -0.4 is 5.32 Å². The fourth-order valence-corrected chi connectivity index (χ4v) is 4.66. The topological polar surface area (TPSA) is 24.9 Å². The third-order valence-corrected chi connectivity index (χ3v) is 6.05. The maximum atomic E-state index is 4.99. The predicted octanol–water partition coefficient (Wildman–Crippen LogP) is 4.81. The Morgan fingerprint density at radius 1 is 1.15 bits per heavy atom. The van der Waals surface area contributed by atoms with Crippen LogP contribution in [0.1, 0.15) is 75.4 Å². The van der Waals surface area contributed by atoms with Gasteiger partial charge in [0, 0.05) is 4.88 Å². The van der Waals surface area contributed by atoms with Gasteiger partial charge in [-0.2, -0.15) is 0 Å². The molecule has 1 N–H and O–H groups in total. The van der Waals surface area contributed by atoms with E-state index in [1.54, 1.807) is 0 Å². The minimum Gasteiger partial charge on any atom is -0.306 e. The maximum Gasteiger partial charge on any atom is 0.113 e. The second-order valence-electron chi connectivity index (χ2n) is 7.01. The van der Waals surface area contributed by atoms with E-state index in [1.165, 1.54) is 47.7 Å². The van der Waals surface area contributed by atoms with Crippen molar-refractivity contribution in [3.8, 4) is 0 Å². The van der Waals surface area contributed by atoms with E-state index in [-0.39, 0.29) is 5.54 Å². The Hall–Kier alpha value is -0.410. The molecule has 0 spiro atoms. The molecule has 1 saturated carbocycles. The number of hydrogen-bond acceptors (Lipinski definition) is 3. The van der Waals surface area contributed by atoms with Gasteiger partial charge in [0.15, 0.2) is 0 Å². The van der Waals surface area contributed by atoms with Crippen molar-refractivity contribution in [2.45, 2.75) is 78.7 Å². The summed E-state index contributed by atoms with van der Waals surface area (Å²) in [6.07, 6.45) is 7.45. The van der Waals surface area contributed by atoms with Gasteiger partial charge in [0.1, 0.15) is 5.01 Å². The molecular formula is C17H30N2S. The summed E-state index contributed by atoms with van der Waals surface area (Å²) < 4.78 is 0. The van der Waals surface area contributed by atoms with E-state index >= 15 is 0 Å². The van der Waals surface area contributed by atoms with E-state index in [0.29, 0.717) is 5.41 Å². The number of aromatic nitrogens is 1. The highest BCUT2D eigenvalue weighted by Crippen LogP contribution is 2.44. The average molecular weight is 295 g/mol. The van der Waals surface area contributed by atoms with Crippen LogP contribution in [0, 0.1) is 12.3 Å². The lowest BCUT2D eigenvalue weighted by molar-refractivity contribution is 0.267. The van der Waals surface area contributed by atoms with E-state index < -0.39 is 0 Å². The number of nitrogens with one attached hydrogen (secondary N) is 1. The summed E-state index contributed by atoms with van der Waals surface area (Å²) in [7, 11) is 0. The van der Waals surface area contributed by atoms with E-state index in [1.807, 2.05) is 11.3 Å². The molecule has 2 rings (SSSR count). The van der Waals surface area contributed by atoms with Crippen molar-refractivity contribution in [2.75, 3.05) is 6.54 Å². The minimum atomic E-state index is 0.130. The Balaban J connectivity index is 2.33. The Morgan fingerprint density at radius 3 is 2.50 bits per heavy atom. The van der Waals surface area contributed by atoms with Crippen molar-refractivity contribution in [1.29, 1.82) is 0 Å². The number of aryl methyl sites for hydroxylation is 2. The van der Waals surface area contributed by atoms with Crippen molar-refractivity contribution < 1.29 is 0 Å². The Kier molecular flexibility index (Phi) is 4.91. The number of thiazole rings is 1. The molecule has 0 saturated heterocycles. The molecule has 1 aliphatic carbocycles. The molecule has 0 radical (unpaired) electrons. The standard InChI is InChI=1S/C17H30N2S/c1-6-14-13(3)20-15(19-14)17(18-7-2)10-8-9-16(4,5)11-12-17/h18H,6-12H2,1-5H3. The normalized spacial score (nSPS) is 26.4. The largest absolute Gasteiger partial charge is 0.306 e. The molecule has 20 heavy (non-hydrogen) atoms. The van der Waals surface area contributed by atoms with Gasteiger partial charge in [-0.15, -0.1) is 11.3 Å². The molecule has 1 aliphatic rings. The smallest absolute Gasteiger partial charge is 0.113 e. The predicted molar refractivity (Wildman–Crippen MR) is 88.4 cm³/mol. The lowest BCUT2D eigenvalue weighted by Gasteiger charge is -2.32. The van der Waals surface area contributed by atoms with Gasteiger partial charge in [0.2, 0.25) is 0 Å². The van der Waals surface area contributed by atoms with Crippen molar-refractivity contribution >= 4 is 11.3 Å². The zero-order valence-corrected chi connectivity index (χ0v) is 14.6. The van der Waals surface area contributed by atoms with Crippen LogP contribution in [0.15, 0.2) is 0 Å². The van der Waals surface area contributed by atoms with Crippen LogP contribution in [0.2, 0.25) is 0 Å². The van der Waals surface area contributed by atoms with Crippen molar-refractivity contribution in [3.63, 3.8) is 0 Å². The highest BCUT2D eigenvalue weighted by molar-refractivity contribution is 7.11. The van der Waals surface area contributed by atoms with Gasteiger partial charge >= 0.3 is 0 Å². The first-order valence-electron chi connectivity index (χ1n) is 8.14. The molecule has 3 heteroatoms. The molecule has 2 nitrogen and oxygen atoms in total. The van der Waals surface area contributed by atoms with Crippen LogP contribution in [-0.2, 0) is 12.0 Å². The molecule has 1 unspecified atom stereocenters. The third-order valence-electron chi connectivity index (χ3n) is 4.84. The molecule has 0 bridgehead atoms. The van der Waals surface area contributed by atoms with Crippen molar-refractivity contribution in [1.82, 2.24) is 10.3 Å². The summed E-state index contributed by atoms with van der Waals surface area (Å²) in [5.74, 6) is 0. The summed E-state index contributed by atoms with van der Waals surface area (Å²) in [5.41, 5.74) is 1.91. The first-order valence-corrected chi connectivity index (χ1v) is 8.96. The van der Waals surface area contributed by atoms with Crippen LogP contribution in [0.3, 0.4) is 0 Å². The van der Waals surface area contributed by atoms with Gasteiger partial charge < -0.3 is 5.32 Å². The quantitative estimate of drug-likeness (QED) is 0.806. The second-order valence-corrected chi connectivity index (χ2v) is 8.21. The lowest BCUT2D eigenvalue weighted by atomic mass is 9.83. The van der Waals surface area contributed by atoms with E-state index in [4.69, 9.17) is 4.98 Å². The first kappa shape index (κ1) is 16.0. The van der Waals surface area contributed by atoms with Crippen LogP contribution >= 0.6 is 11.3 Å². The van der Waals surface area contributed by atoms with Crippen LogP contribution in [-0.4, -0.2) is 11.5 Å². The van der Waals surface area contributed by atoms with Crippen molar-refractivity contribution in [2.24, 2.45) is 5.41 Å². The molecule has 1 fully saturated rings. The number of rotatable bonds is 4. The van der Waals surface area contributed by atoms with Crippen LogP contribution in [0.25, 0.3) is 0 Å². The SMILES string of the molecule is CCNC1(c2nc(CC)c(C)s2)CCCC(C)(C)CC1. The number of nitrogens with zero attached hydrogens (tertiary/aromatic N) is 1. The third kappa shape index (κ3) is 3.25. The van der Waals surface area contributed by atoms with Gasteiger partial charge in [-0.1, -0.05) is 34.1 Å². The van der Waals surface area contributed by atoms with Gasteiger partial charge in [-0.3, -0.25) is 0 Å². The zero-order valence-electron chi connectivity index (χ0n) is 13.8. The number of hydrogen-bond donors (Lipinski definition) is 1. The monoisotopic (exact) mass is 294 g/mol. The molecule has 0 aromatic carbocycles. The molecular weight excluding hydrogens is 264 g/mol. The molecule has 0 amide bonds. The molecule has 1 atom stereocenters. The summed E-state index contributed by atoms with van der Waals surface area (Å²) >= 11 is 1.92. The molecule has 0 aliphatic heterocycles. The Labute approximate surface area is 128 Å². The van der Waals surface area contributed by atoms with Crippen LogP contribution in [0.4, 0.5) is 0 Å². The Morgan fingerprint density at radius 2 is 1.90 bits per heavy atom. The first-order chi connectivity index (χ1) is 9.42. The summed E-state index contributed by atoms with van der Waals surface area (Å²) in [5, 5.41) is 5.14. The summed E-state index contributed by atoms with van der Waals surface area (Å²) in [6.45, 7) is 12.5. The Bertz CT molecular complexity index is 450. The van der Waals surface area contributed by atoms with Crippen LogP contribution in [0.5, 0.6) is 0 Å². The second kappa shape index (κ2) is 6.15. The highest BCUT2D eigenvalue weighted by Gasteiger charge is 2.38. The zero-order chi connectivity index (χ0) is 14.8. The highest BCUT2D eigenvalue weighted by atomic mass is 32.1. The van der Waals surface area contributed by atoms with E-state index in [2.05, 4.69) is 39.9 Å². The maximum absolute atomic E-state index is 4.99. The fourth-order valence-electron chi connectivity index (χ4n) is 3.44. The van der Waals surface area contributed by atoms with Gasteiger partial charge in [0.25, 0.3) is 0 Å².